The minimum atomic E-state index is 1.21. The maximum absolute atomic E-state index is 2.77. The highest BCUT2D eigenvalue weighted by Crippen LogP contribution is 2.30. The van der Waals surface area contributed by atoms with Gasteiger partial charge in [-0.15, -0.1) is 18.5 Å². The topological polar surface area (TPSA) is 0 Å². The van der Waals surface area contributed by atoms with Crippen LogP contribution in [0.4, 0.5) is 0 Å². The van der Waals surface area contributed by atoms with Crippen molar-refractivity contribution in [2.75, 3.05) is 0 Å². The summed E-state index contributed by atoms with van der Waals surface area (Å²) >= 11 is 4.81. The molecule has 0 radical (unpaired) electrons. The zero-order valence-corrected chi connectivity index (χ0v) is 18.3. The Bertz CT molecular complexity index is 827. The van der Waals surface area contributed by atoms with Crippen LogP contribution in [0.3, 0.4) is 0 Å². The van der Waals surface area contributed by atoms with Gasteiger partial charge in [0.05, 0.1) is 0 Å². The molecule has 0 nitrogen and oxygen atoms in total. The molecule has 0 aromatic heterocycles. The Labute approximate surface area is 163 Å². The summed E-state index contributed by atoms with van der Waals surface area (Å²) in [6.45, 7) is 0. The van der Waals surface area contributed by atoms with Gasteiger partial charge in [-0.1, -0.05) is 48.5 Å². The highest BCUT2D eigenvalue weighted by molar-refractivity contribution is 14.1. The number of halogens is 2. The van der Waals surface area contributed by atoms with Crippen molar-refractivity contribution in [1.82, 2.24) is 0 Å². The van der Waals surface area contributed by atoms with E-state index in [1.165, 1.54) is 40.0 Å². The van der Waals surface area contributed by atoms with Crippen LogP contribution in [0.1, 0.15) is 0 Å². The zero-order chi connectivity index (χ0) is 15.7. The molecular weight excluding hydrogens is 532 g/mol. The van der Waals surface area contributed by atoms with Crippen molar-refractivity contribution in [3.8, 4) is 22.3 Å². The van der Waals surface area contributed by atoms with E-state index in [9.17, 15) is 0 Å². The van der Waals surface area contributed by atoms with Crippen LogP contribution in [0.15, 0.2) is 60.7 Å². The smallest absolute Gasteiger partial charge is 0.0214 e. The van der Waals surface area contributed by atoms with E-state index >= 15 is 0 Å². The molecule has 2 unspecified atom stereocenters. The number of benzene rings is 3. The van der Waals surface area contributed by atoms with Crippen molar-refractivity contribution in [3.05, 3.63) is 67.8 Å². The lowest BCUT2D eigenvalue weighted by molar-refractivity contribution is 1.56. The molecule has 0 saturated carbocycles. The van der Waals surface area contributed by atoms with Crippen molar-refractivity contribution in [1.29, 1.82) is 0 Å². The lowest BCUT2D eigenvalue weighted by Crippen LogP contribution is -1.96. The normalized spacial score (nSPS) is 10.7. The molecule has 3 rings (SSSR count). The number of hydrogen-bond donors (Lipinski definition) is 0. The fourth-order valence-corrected chi connectivity index (χ4v) is 4.01. The van der Waals surface area contributed by atoms with Crippen LogP contribution in [0.2, 0.25) is 0 Å². The second-order valence-corrected chi connectivity index (χ2v) is 8.67. The van der Waals surface area contributed by atoms with Crippen LogP contribution in [0.5, 0.6) is 0 Å². The summed E-state index contributed by atoms with van der Waals surface area (Å²) in [6, 6.07) is 21.9. The molecule has 0 aliphatic rings. The van der Waals surface area contributed by atoms with Gasteiger partial charge in [0.2, 0.25) is 0 Å². The molecule has 22 heavy (non-hydrogen) atoms. The second-order valence-electron chi connectivity index (χ2n) is 5.05. The molecular formula is C18H14I2P2. The van der Waals surface area contributed by atoms with Gasteiger partial charge in [0.1, 0.15) is 0 Å². The molecule has 0 N–H and O–H groups in total. The highest BCUT2D eigenvalue weighted by Gasteiger charge is 2.07. The average Bonchev–Trinajstić information content (AvgIpc) is 2.51. The van der Waals surface area contributed by atoms with E-state index < -0.39 is 0 Å². The summed E-state index contributed by atoms with van der Waals surface area (Å²) in [5.41, 5.74) is 5.07. The van der Waals surface area contributed by atoms with Gasteiger partial charge in [0.15, 0.2) is 0 Å². The van der Waals surface area contributed by atoms with Crippen molar-refractivity contribution in [3.63, 3.8) is 0 Å². The monoisotopic (exact) mass is 546 g/mol. The van der Waals surface area contributed by atoms with Crippen LogP contribution in [0.25, 0.3) is 22.3 Å². The van der Waals surface area contributed by atoms with Crippen LogP contribution >= 0.6 is 63.7 Å². The molecule has 0 heterocycles. The summed E-state index contributed by atoms with van der Waals surface area (Å²) in [6.07, 6.45) is 0. The van der Waals surface area contributed by atoms with Crippen molar-refractivity contribution < 1.29 is 0 Å². The fraction of sp³-hybridized carbons (Fsp3) is 0. The van der Waals surface area contributed by atoms with E-state index in [0.29, 0.717) is 0 Å². The Kier molecular flexibility index (Phi) is 5.55. The summed E-state index contributed by atoms with van der Waals surface area (Å²) in [7, 11) is 5.50. The molecule has 0 fully saturated rings. The Morgan fingerprint density at radius 2 is 1.18 bits per heavy atom. The summed E-state index contributed by atoms with van der Waals surface area (Å²) in [5.74, 6) is 0. The first-order chi connectivity index (χ1) is 10.5. The fourth-order valence-electron chi connectivity index (χ4n) is 2.30. The van der Waals surface area contributed by atoms with E-state index in [2.05, 4.69) is 124 Å². The molecule has 0 bridgehead atoms. The first kappa shape index (κ1) is 16.8. The molecule has 0 spiro atoms. The third kappa shape index (κ3) is 3.72. The van der Waals surface area contributed by atoms with Crippen LogP contribution < -0.4 is 10.6 Å². The predicted molar refractivity (Wildman–Crippen MR) is 121 cm³/mol. The van der Waals surface area contributed by atoms with Gasteiger partial charge in [-0.05, 0) is 90.2 Å². The highest BCUT2D eigenvalue weighted by atomic mass is 127. The van der Waals surface area contributed by atoms with Gasteiger partial charge in [0.25, 0.3) is 0 Å². The van der Waals surface area contributed by atoms with Gasteiger partial charge < -0.3 is 0 Å². The van der Waals surface area contributed by atoms with Crippen LogP contribution in [-0.2, 0) is 0 Å². The third-order valence-corrected chi connectivity index (χ3v) is 6.83. The van der Waals surface area contributed by atoms with Gasteiger partial charge in [0, 0.05) is 7.14 Å². The standard InChI is InChI=1S/C18H14I2P2/c19-16-9-12(11-1-5-14(21)6-2-11)3-7-15(16)13-4-8-18(22)17(20)10-13/h1-10H,21-22H2. The molecule has 0 amide bonds. The Morgan fingerprint density at radius 1 is 0.591 bits per heavy atom. The lowest BCUT2D eigenvalue weighted by atomic mass is 10.0. The molecule has 4 heteroatoms. The van der Waals surface area contributed by atoms with Crippen LogP contribution in [0, 0.1) is 7.14 Å². The summed E-state index contributed by atoms with van der Waals surface area (Å²) in [5, 5.41) is 2.45. The minimum absolute atomic E-state index is 1.21. The lowest BCUT2D eigenvalue weighted by Gasteiger charge is -2.10. The van der Waals surface area contributed by atoms with Crippen molar-refractivity contribution in [2.24, 2.45) is 0 Å². The van der Waals surface area contributed by atoms with Gasteiger partial charge in [-0.2, -0.15) is 0 Å². The maximum Gasteiger partial charge on any atom is 0.0214 e. The van der Waals surface area contributed by atoms with Gasteiger partial charge in [-0.3, -0.25) is 0 Å². The Morgan fingerprint density at radius 3 is 1.82 bits per heavy atom. The van der Waals surface area contributed by atoms with Gasteiger partial charge >= 0.3 is 0 Å². The Hall–Kier alpha value is -0.0200. The second kappa shape index (κ2) is 7.25. The molecule has 0 aliphatic heterocycles. The largest absolute Gasteiger partial charge is 0.106 e. The zero-order valence-electron chi connectivity index (χ0n) is 11.7. The SMILES string of the molecule is Pc1ccc(-c2ccc(-c3ccc(P)c(I)c3)c(I)c2)cc1. The predicted octanol–water partition coefficient (Wildman–Crippen LogP) is 5.23. The van der Waals surface area contributed by atoms with Crippen LogP contribution in [-0.4, -0.2) is 0 Å². The van der Waals surface area contributed by atoms with E-state index in [1.807, 2.05) is 0 Å². The van der Waals surface area contributed by atoms with E-state index in [-0.39, 0.29) is 0 Å². The maximum atomic E-state index is 2.77. The van der Waals surface area contributed by atoms with E-state index in [1.54, 1.807) is 0 Å². The third-order valence-electron chi connectivity index (χ3n) is 3.52. The minimum Gasteiger partial charge on any atom is -0.106 e. The number of hydrogen-bond acceptors (Lipinski definition) is 0. The van der Waals surface area contributed by atoms with Gasteiger partial charge in [-0.25, -0.2) is 0 Å². The molecule has 110 valence electrons. The number of rotatable bonds is 2. The quantitative estimate of drug-likeness (QED) is 0.306. The molecule has 2 atom stereocenters. The molecule has 3 aromatic rings. The Balaban J connectivity index is 2.01. The average molecular weight is 546 g/mol. The van der Waals surface area contributed by atoms with E-state index in [4.69, 9.17) is 0 Å². The first-order valence-corrected chi connectivity index (χ1v) is 10.1. The van der Waals surface area contributed by atoms with Crippen molar-refractivity contribution in [2.45, 2.75) is 0 Å². The summed E-state index contributed by atoms with van der Waals surface area (Å²) < 4.78 is 2.55. The molecule has 0 saturated heterocycles. The molecule has 0 aliphatic carbocycles. The van der Waals surface area contributed by atoms with E-state index in [0.717, 1.165) is 0 Å². The molecule has 3 aromatic carbocycles. The summed E-state index contributed by atoms with van der Waals surface area (Å²) in [4.78, 5) is 0. The van der Waals surface area contributed by atoms with Crippen molar-refractivity contribution >= 4 is 74.3 Å². The first-order valence-electron chi connectivity index (χ1n) is 6.75.